The highest BCUT2D eigenvalue weighted by molar-refractivity contribution is 5.98. The van der Waals surface area contributed by atoms with Crippen molar-refractivity contribution in [2.24, 2.45) is 11.7 Å². The van der Waals surface area contributed by atoms with Crippen molar-refractivity contribution in [2.75, 3.05) is 39.8 Å². The number of carbonyl (C=O) groups is 12. The van der Waals surface area contributed by atoms with Crippen molar-refractivity contribution in [1.29, 1.82) is 0 Å². The van der Waals surface area contributed by atoms with E-state index in [2.05, 4.69) is 52.6 Å². The van der Waals surface area contributed by atoms with Crippen LogP contribution in [0.3, 0.4) is 0 Å². The number of rotatable bonds is 29. The van der Waals surface area contributed by atoms with Gasteiger partial charge in [-0.1, -0.05) is 40.0 Å². The Labute approximate surface area is 393 Å². The summed E-state index contributed by atoms with van der Waals surface area (Å²) in [4.78, 5) is 154. The Kier molecular flexibility index (Phi) is 24.9. The van der Waals surface area contributed by atoms with E-state index in [1.165, 1.54) is 11.8 Å². The summed E-state index contributed by atoms with van der Waals surface area (Å²) in [7, 11) is 1.02. The van der Waals surface area contributed by atoms with Gasteiger partial charge in [-0.2, -0.15) is 0 Å². The molecule has 2 fully saturated rings. The minimum Gasteiger partial charge on any atom is -0.480 e. The van der Waals surface area contributed by atoms with Gasteiger partial charge >= 0.3 is 11.9 Å². The van der Waals surface area contributed by atoms with Crippen LogP contribution in [0.5, 0.6) is 0 Å². The third-order valence-corrected chi connectivity index (χ3v) is 10.9. The van der Waals surface area contributed by atoms with E-state index in [-0.39, 0.29) is 44.7 Å². The number of nitrogens with two attached hydrogens (primary N) is 1. The van der Waals surface area contributed by atoms with Crippen LogP contribution in [0.2, 0.25) is 0 Å². The number of aliphatic carboxylic acids is 1. The number of esters is 1. The zero-order valence-electron chi connectivity index (χ0n) is 39.2. The van der Waals surface area contributed by atoms with Gasteiger partial charge in [-0.15, -0.1) is 0 Å². The number of hydrogen-bond donors (Lipinski definition) is 12. The monoisotopic (exact) mass is 967 g/mol. The van der Waals surface area contributed by atoms with Crippen LogP contribution in [0.25, 0.3) is 0 Å². The Bertz CT molecular complexity index is 1830. The first-order valence-corrected chi connectivity index (χ1v) is 22.7. The van der Waals surface area contributed by atoms with Gasteiger partial charge in [0.15, 0.2) is 0 Å². The van der Waals surface area contributed by atoms with Gasteiger partial charge in [0.05, 0.1) is 45.3 Å². The van der Waals surface area contributed by atoms with E-state index in [1.807, 2.05) is 6.92 Å². The number of carboxylic acid groups (broad SMARTS) is 1. The molecule has 68 heavy (non-hydrogen) atoms. The largest absolute Gasteiger partial charge is 0.480 e. The van der Waals surface area contributed by atoms with E-state index in [0.717, 1.165) is 20.0 Å². The molecule has 0 spiro atoms. The molecule has 2 rings (SSSR count). The SMILES string of the molecule is CCCCC[C@H](NC(=O)[C@@H]1CCCN1C(=O)CNC(=O)[C@H](C)NC(=O)[C@H](CC(C)C)NC(=O)CNC(=O)[C@H](CC(=O)OC)NC(=O)[C@H](CCC(N)=O)NC(=O)CNC(=O)[C@@H]1C[C@@H](O)CN1)C(=O)O. The average molecular weight is 968 g/mol. The zero-order valence-corrected chi connectivity index (χ0v) is 39.2. The Balaban J connectivity index is 2.00. The number of aliphatic hydroxyl groups is 1. The van der Waals surface area contributed by atoms with Crippen molar-refractivity contribution >= 4 is 71.0 Å². The molecule has 0 aliphatic carbocycles. The predicted octanol–water partition coefficient (Wildman–Crippen LogP) is -4.97. The summed E-state index contributed by atoms with van der Waals surface area (Å²) in [6.07, 6.45) is 1.24. The number of amides is 10. The van der Waals surface area contributed by atoms with Crippen molar-refractivity contribution in [2.45, 2.75) is 147 Å². The summed E-state index contributed by atoms with van der Waals surface area (Å²) in [5.41, 5.74) is 5.24. The molecule has 2 heterocycles. The number of methoxy groups -OCH3 is 1. The fourth-order valence-electron chi connectivity index (χ4n) is 7.24. The number of nitrogens with one attached hydrogen (secondary N) is 9. The molecule has 10 amide bonds. The molecular formula is C42H69N11O15. The molecule has 382 valence electrons. The number of hydrogen-bond acceptors (Lipinski definition) is 15. The lowest BCUT2D eigenvalue weighted by atomic mass is 10.0. The lowest BCUT2D eigenvalue weighted by Gasteiger charge is -2.26. The van der Waals surface area contributed by atoms with Crippen molar-refractivity contribution < 1.29 is 72.5 Å². The van der Waals surface area contributed by atoms with Crippen LogP contribution in [0.4, 0.5) is 0 Å². The van der Waals surface area contributed by atoms with E-state index in [0.29, 0.717) is 19.3 Å². The smallest absolute Gasteiger partial charge is 0.326 e. The second kappa shape index (κ2) is 29.3. The van der Waals surface area contributed by atoms with E-state index >= 15 is 0 Å². The second-order valence-corrected chi connectivity index (χ2v) is 17.1. The van der Waals surface area contributed by atoms with Crippen LogP contribution >= 0.6 is 0 Å². The maximum Gasteiger partial charge on any atom is 0.326 e. The lowest BCUT2D eigenvalue weighted by molar-refractivity contribution is -0.144. The molecule has 0 bridgehead atoms. The molecular weight excluding hydrogens is 899 g/mol. The maximum atomic E-state index is 13.4. The van der Waals surface area contributed by atoms with Crippen LogP contribution in [0.15, 0.2) is 0 Å². The molecule has 2 aliphatic heterocycles. The lowest BCUT2D eigenvalue weighted by Crippen LogP contribution is -2.57. The summed E-state index contributed by atoms with van der Waals surface area (Å²) in [5, 5.41) is 41.1. The first-order valence-electron chi connectivity index (χ1n) is 22.7. The van der Waals surface area contributed by atoms with Crippen LogP contribution in [-0.4, -0.2) is 174 Å². The highest BCUT2D eigenvalue weighted by atomic mass is 16.5. The number of nitrogens with zero attached hydrogens (tertiary/aromatic N) is 1. The maximum absolute atomic E-state index is 13.4. The van der Waals surface area contributed by atoms with Crippen molar-refractivity contribution in [1.82, 2.24) is 52.8 Å². The number of β-amino-alcohol motifs (C(OH)–C–C–N with tert-alkyl or cyclic N) is 1. The molecule has 2 aliphatic rings. The van der Waals surface area contributed by atoms with E-state index < -0.39 is 152 Å². The summed E-state index contributed by atoms with van der Waals surface area (Å²) >= 11 is 0. The Morgan fingerprint density at radius 2 is 1.37 bits per heavy atom. The van der Waals surface area contributed by atoms with Crippen molar-refractivity contribution in [3.63, 3.8) is 0 Å². The molecule has 26 nitrogen and oxygen atoms in total. The molecule has 0 radical (unpaired) electrons. The summed E-state index contributed by atoms with van der Waals surface area (Å²) in [6.45, 7) is 5.30. The average Bonchev–Trinajstić information content (AvgIpc) is 3.96. The number of likely N-dealkylation sites (tertiary alicyclic amines) is 1. The number of primary amides is 1. The Hall–Kier alpha value is -6.44. The highest BCUT2D eigenvalue weighted by Gasteiger charge is 2.37. The topological polar surface area (TPSA) is 392 Å². The molecule has 0 aromatic carbocycles. The fourth-order valence-corrected chi connectivity index (χ4v) is 7.24. The van der Waals surface area contributed by atoms with E-state index in [4.69, 9.17) is 5.73 Å². The zero-order chi connectivity index (χ0) is 51.1. The van der Waals surface area contributed by atoms with E-state index in [1.54, 1.807) is 13.8 Å². The normalized spacial score (nSPS) is 18.6. The van der Waals surface area contributed by atoms with Crippen molar-refractivity contribution in [3.8, 4) is 0 Å². The number of carboxylic acids is 1. The van der Waals surface area contributed by atoms with Gasteiger partial charge in [-0.25, -0.2) is 4.79 Å². The van der Waals surface area contributed by atoms with Gasteiger partial charge in [0.25, 0.3) is 0 Å². The molecule has 26 heteroatoms. The number of carbonyl (C=O) groups excluding carboxylic acids is 11. The summed E-state index contributed by atoms with van der Waals surface area (Å²) in [5.74, 6) is -10.3. The minimum absolute atomic E-state index is 0.0712. The standard InChI is InChI=1S/C42H69N11O15/c1-6-7-8-10-26(42(66)67)51-41(65)30-11-9-14-53(30)34(58)21-47-36(60)23(4)48-40(64)28(15-22(2)3)50-33(57)20-46-38(62)29(17-35(59)68-5)52-39(63)25(12-13-31(43)55)49-32(56)19-45-37(61)27-16-24(54)18-44-27/h22-30,44,54H,6-21H2,1-5H3,(H2,43,55)(H,45,61)(H,46,62)(H,47,60)(H,48,64)(H,49,56)(H,50,57)(H,51,65)(H,52,63)(H,66,67)/t23-,24+,25-,26-,27-,28-,29-,30-/m0/s1. The summed E-state index contributed by atoms with van der Waals surface area (Å²) in [6, 6.07) is -8.42. The molecule has 0 aromatic heterocycles. The fraction of sp³-hybridized carbons (Fsp3) is 0.714. The van der Waals surface area contributed by atoms with Gasteiger partial charge in [0.2, 0.25) is 59.1 Å². The molecule has 0 aromatic rings. The quantitative estimate of drug-likeness (QED) is 0.0247. The molecule has 8 atom stereocenters. The number of unbranched alkanes of at least 4 members (excludes halogenated alkanes) is 2. The van der Waals surface area contributed by atoms with E-state index in [9.17, 15) is 67.7 Å². The van der Waals surface area contributed by atoms with Gasteiger partial charge in [0.1, 0.15) is 36.3 Å². The van der Waals surface area contributed by atoms with Gasteiger partial charge in [-0.05, 0) is 51.4 Å². The Morgan fingerprint density at radius 3 is 1.96 bits per heavy atom. The van der Waals surface area contributed by atoms with Gasteiger partial charge in [0, 0.05) is 19.5 Å². The van der Waals surface area contributed by atoms with Crippen LogP contribution in [0.1, 0.15) is 98.3 Å². The van der Waals surface area contributed by atoms with Crippen molar-refractivity contribution in [3.05, 3.63) is 0 Å². The van der Waals surface area contributed by atoms with Crippen LogP contribution in [-0.2, 0) is 62.3 Å². The molecule has 0 unspecified atom stereocenters. The summed E-state index contributed by atoms with van der Waals surface area (Å²) < 4.78 is 4.64. The molecule has 2 saturated heterocycles. The minimum atomic E-state index is -1.69. The van der Waals surface area contributed by atoms with Crippen LogP contribution in [0, 0.1) is 5.92 Å². The number of aliphatic hydroxyl groups excluding tert-OH is 1. The third kappa shape index (κ3) is 20.6. The van der Waals surface area contributed by atoms with Crippen LogP contribution < -0.4 is 53.6 Å². The third-order valence-electron chi connectivity index (χ3n) is 10.9. The second-order valence-electron chi connectivity index (χ2n) is 17.1. The number of ether oxygens (including phenoxy) is 1. The predicted molar refractivity (Wildman–Crippen MR) is 238 cm³/mol. The van der Waals surface area contributed by atoms with Gasteiger partial charge in [-0.3, -0.25) is 52.7 Å². The first kappa shape index (κ1) is 57.7. The highest BCUT2D eigenvalue weighted by Crippen LogP contribution is 2.18. The Morgan fingerprint density at radius 1 is 0.735 bits per heavy atom. The molecule has 13 N–H and O–H groups in total. The molecule has 0 saturated carbocycles. The van der Waals surface area contributed by atoms with Gasteiger partial charge < -0.3 is 73.4 Å². The first-order chi connectivity index (χ1) is 32.1.